The molecule has 0 spiro atoms. The Balaban J connectivity index is 2.75. The molecule has 0 aromatic rings. The van der Waals surface area contributed by atoms with Crippen LogP contribution in [0.5, 0.6) is 0 Å². The second-order valence-corrected chi connectivity index (χ2v) is 1.95. The molecule has 3 heteroatoms. The highest BCUT2D eigenvalue weighted by Gasteiger charge is 1.98. The summed E-state index contributed by atoms with van der Waals surface area (Å²) in [6.07, 6.45) is -0.176. The number of hydrogen-bond donors (Lipinski definition) is 1. The number of halogens is 2. The molecular weight excluding hydrogens is 124 g/mol. The van der Waals surface area contributed by atoms with Gasteiger partial charge in [-0.05, 0) is 13.0 Å². The summed E-state index contributed by atoms with van der Waals surface area (Å²) in [6.45, 7) is 2.57. The number of hydrogen-bond acceptors (Lipinski definition) is 1. The third-order valence-corrected chi connectivity index (χ3v) is 1.01. The van der Waals surface area contributed by atoms with Crippen LogP contribution in [0.2, 0.25) is 0 Å². The van der Waals surface area contributed by atoms with Crippen molar-refractivity contribution >= 4 is 0 Å². The first-order valence-electron chi connectivity index (χ1n) is 3.26. The van der Waals surface area contributed by atoms with Crippen LogP contribution < -0.4 is 5.32 Å². The number of unbranched alkanes of at least 4 members (excludes halogenated alkanes) is 1. The lowest BCUT2D eigenvalue weighted by molar-refractivity contribution is 0.146. The predicted molar refractivity (Wildman–Crippen MR) is 33.8 cm³/mol. The van der Waals surface area contributed by atoms with Crippen LogP contribution >= 0.6 is 0 Å². The van der Waals surface area contributed by atoms with Gasteiger partial charge in [0.05, 0.1) is 6.54 Å². The molecule has 0 saturated carbocycles. The van der Waals surface area contributed by atoms with E-state index in [1.54, 1.807) is 0 Å². The predicted octanol–water partition coefficient (Wildman–Crippen LogP) is 1.64. The zero-order valence-electron chi connectivity index (χ0n) is 5.66. The minimum Gasteiger partial charge on any atom is -0.311 e. The molecule has 0 amide bonds. The maximum absolute atomic E-state index is 11.4. The van der Waals surface area contributed by atoms with E-state index in [9.17, 15) is 8.78 Å². The van der Waals surface area contributed by atoms with Gasteiger partial charge in [-0.2, -0.15) is 0 Å². The molecule has 0 atom stereocenters. The Morgan fingerprint density at radius 1 is 1.44 bits per heavy atom. The largest absolute Gasteiger partial charge is 0.311 e. The molecule has 1 N–H and O–H groups in total. The van der Waals surface area contributed by atoms with Crippen molar-refractivity contribution < 1.29 is 8.78 Å². The number of rotatable bonds is 5. The fourth-order valence-electron chi connectivity index (χ4n) is 0.513. The summed E-state index contributed by atoms with van der Waals surface area (Å²) >= 11 is 0. The van der Waals surface area contributed by atoms with Crippen molar-refractivity contribution in [2.45, 2.75) is 26.2 Å². The van der Waals surface area contributed by atoms with Crippen molar-refractivity contribution in [3.63, 3.8) is 0 Å². The van der Waals surface area contributed by atoms with Crippen molar-refractivity contribution in [1.82, 2.24) is 5.32 Å². The first-order valence-corrected chi connectivity index (χ1v) is 3.26. The summed E-state index contributed by atoms with van der Waals surface area (Å²) in [5.74, 6) is 0. The average Bonchev–Trinajstić information content (AvgIpc) is 1.80. The Morgan fingerprint density at radius 2 is 2.11 bits per heavy atom. The van der Waals surface area contributed by atoms with Gasteiger partial charge in [0.2, 0.25) is 0 Å². The molecule has 0 saturated heterocycles. The fourth-order valence-corrected chi connectivity index (χ4v) is 0.513. The third kappa shape index (κ3) is 7.82. The zero-order chi connectivity index (χ0) is 7.11. The van der Waals surface area contributed by atoms with Crippen LogP contribution in [0.4, 0.5) is 8.78 Å². The lowest BCUT2D eigenvalue weighted by Gasteiger charge is -2.00. The highest BCUT2D eigenvalue weighted by atomic mass is 19.3. The Hall–Kier alpha value is -0.180. The van der Waals surface area contributed by atoms with E-state index in [2.05, 4.69) is 5.32 Å². The van der Waals surface area contributed by atoms with Gasteiger partial charge in [0.15, 0.2) is 0 Å². The minimum absolute atomic E-state index is 0.167. The summed E-state index contributed by atoms with van der Waals surface area (Å²) in [7, 11) is 0. The Bertz CT molecular complexity index is 57.0. The zero-order valence-corrected chi connectivity index (χ0v) is 5.66. The summed E-state index contributed by atoms with van der Waals surface area (Å²) < 4.78 is 22.8. The van der Waals surface area contributed by atoms with Gasteiger partial charge in [-0.1, -0.05) is 13.3 Å². The highest BCUT2D eigenvalue weighted by Crippen LogP contribution is 1.88. The van der Waals surface area contributed by atoms with Gasteiger partial charge < -0.3 is 5.32 Å². The third-order valence-electron chi connectivity index (χ3n) is 1.01. The number of nitrogens with one attached hydrogen (secondary N) is 1. The smallest absolute Gasteiger partial charge is 0.250 e. The highest BCUT2D eigenvalue weighted by molar-refractivity contribution is 4.47. The first-order chi connectivity index (χ1) is 4.27. The fraction of sp³-hybridized carbons (Fsp3) is 1.00. The molecule has 56 valence electrons. The van der Waals surface area contributed by atoms with Crippen LogP contribution in [0.15, 0.2) is 0 Å². The van der Waals surface area contributed by atoms with Gasteiger partial charge in [0.25, 0.3) is 6.43 Å². The van der Waals surface area contributed by atoms with Gasteiger partial charge in [0, 0.05) is 0 Å². The van der Waals surface area contributed by atoms with E-state index >= 15 is 0 Å². The van der Waals surface area contributed by atoms with E-state index in [4.69, 9.17) is 0 Å². The van der Waals surface area contributed by atoms with E-state index < -0.39 is 6.43 Å². The molecule has 0 aliphatic carbocycles. The van der Waals surface area contributed by atoms with E-state index in [0.29, 0.717) is 6.54 Å². The SMILES string of the molecule is CCCCNCC(F)F. The molecule has 0 fully saturated rings. The van der Waals surface area contributed by atoms with Crippen LogP contribution in [-0.4, -0.2) is 19.5 Å². The minimum atomic E-state index is -2.21. The van der Waals surface area contributed by atoms with Crippen molar-refractivity contribution in [3.05, 3.63) is 0 Å². The van der Waals surface area contributed by atoms with E-state index in [-0.39, 0.29) is 6.54 Å². The molecule has 0 aliphatic heterocycles. The molecule has 0 unspecified atom stereocenters. The molecule has 0 heterocycles. The second kappa shape index (κ2) is 5.95. The molecule has 0 aromatic carbocycles. The normalized spacial score (nSPS) is 10.7. The first kappa shape index (κ1) is 8.82. The molecular formula is C6H13F2N. The van der Waals surface area contributed by atoms with Crippen molar-refractivity contribution in [2.75, 3.05) is 13.1 Å². The van der Waals surface area contributed by atoms with Gasteiger partial charge in [-0.25, -0.2) is 8.78 Å². The monoisotopic (exact) mass is 137 g/mol. The Morgan fingerprint density at radius 3 is 2.56 bits per heavy atom. The summed E-state index contributed by atoms with van der Waals surface area (Å²) in [6, 6.07) is 0. The van der Waals surface area contributed by atoms with E-state index in [1.165, 1.54) is 0 Å². The lowest BCUT2D eigenvalue weighted by Crippen LogP contribution is -2.21. The van der Waals surface area contributed by atoms with Crippen LogP contribution in [0.1, 0.15) is 19.8 Å². The average molecular weight is 137 g/mol. The molecule has 0 bridgehead atoms. The van der Waals surface area contributed by atoms with Crippen LogP contribution in [0.3, 0.4) is 0 Å². The van der Waals surface area contributed by atoms with Crippen LogP contribution in [-0.2, 0) is 0 Å². The summed E-state index contributed by atoms with van der Waals surface area (Å²) in [5, 5.41) is 2.64. The molecule has 0 radical (unpaired) electrons. The summed E-state index contributed by atoms with van der Waals surface area (Å²) in [5.41, 5.74) is 0. The van der Waals surface area contributed by atoms with Gasteiger partial charge in [0.1, 0.15) is 0 Å². The lowest BCUT2D eigenvalue weighted by atomic mass is 10.3. The Labute approximate surface area is 54.4 Å². The topological polar surface area (TPSA) is 12.0 Å². The van der Waals surface area contributed by atoms with Crippen molar-refractivity contribution in [3.8, 4) is 0 Å². The van der Waals surface area contributed by atoms with E-state index in [0.717, 1.165) is 12.8 Å². The van der Waals surface area contributed by atoms with Gasteiger partial charge >= 0.3 is 0 Å². The van der Waals surface area contributed by atoms with Crippen molar-refractivity contribution in [1.29, 1.82) is 0 Å². The number of alkyl halides is 2. The molecule has 1 nitrogen and oxygen atoms in total. The van der Waals surface area contributed by atoms with Gasteiger partial charge in [-0.15, -0.1) is 0 Å². The molecule has 0 aliphatic rings. The second-order valence-electron chi connectivity index (χ2n) is 1.95. The van der Waals surface area contributed by atoms with Gasteiger partial charge in [-0.3, -0.25) is 0 Å². The van der Waals surface area contributed by atoms with Crippen LogP contribution in [0.25, 0.3) is 0 Å². The standard InChI is InChI=1S/C6H13F2N/c1-2-3-4-9-5-6(7)8/h6,9H,2-5H2,1H3. The quantitative estimate of drug-likeness (QED) is 0.568. The Kier molecular flexibility index (Phi) is 5.83. The van der Waals surface area contributed by atoms with Crippen molar-refractivity contribution in [2.24, 2.45) is 0 Å². The maximum atomic E-state index is 11.4. The molecule has 9 heavy (non-hydrogen) atoms. The molecule has 0 rings (SSSR count). The molecule has 0 aromatic heterocycles. The van der Waals surface area contributed by atoms with E-state index in [1.807, 2.05) is 6.92 Å². The summed E-state index contributed by atoms with van der Waals surface area (Å²) in [4.78, 5) is 0. The maximum Gasteiger partial charge on any atom is 0.250 e. The van der Waals surface area contributed by atoms with Crippen LogP contribution in [0, 0.1) is 0 Å².